The van der Waals surface area contributed by atoms with E-state index in [4.69, 9.17) is 0 Å². The van der Waals surface area contributed by atoms with Gasteiger partial charge >= 0.3 is 6.18 Å². The van der Waals surface area contributed by atoms with Gasteiger partial charge in [0, 0.05) is 11.4 Å². The minimum absolute atomic E-state index is 0.448. The van der Waals surface area contributed by atoms with Gasteiger partial charge in [-0.25, -0.2) is 0 Å². The van der Waals surface area contributed by atoms with Gasteiger partial charge in [0.05, 0.1) is 6.54 Å². The maximum Gasteiger partial charge on any atom is 0.435 e. The zero-order valence-corrected chi connectivity index (χ0v) is 11.0. The largest absolute Gasteiger partial charge is 0.435 e. The molecule has 0 aliphatic carbocycles. The molecule has 0 amide bonds. The summed E-state index contributed by atoms with van der Waals surface area (Å²) in [5.41, 5.74) is -0.969. The van der Waals surface area contributed by atoms with Gasteiger partial charge in [-0.2, -0.15) is 13.2 Å². The second-order valence-electron chi connectivity index (χ2n) is 3.87. The molecule has 3 nitrogen and oxygen atoms in total. The molecule has 0 saturated heterocycles. The van der Waals surface area contributed by atoms with Crippen molar-refractivity contribution in [3.8, 4) is 0 Å². The minimum atomic E-state index is -4.45. The second kappa shape index (κ2) is 5.56. The Hall–Kier alpha value is -1.63. The van der Waals surface area contributed by atoms with Crippen molar-refractivity contribution in [1.82, 2.24) is 10.2 Å². The molecule has 2 aromatic rings. The van der Waals surface area contributed by atoms with Gasteiger partial charge in [0.2, 0.25) is 0 Å². The summed E-state index contributed by atoms with van der Waals surface area (Å²) in [6.07, 6.45) is -4.45. The van der Waals surface area contributed by atoms with Gasteiger partial charge in [0.15, 0.2) is 11.5 Å². The third-order valence-electron chi connectivity index (χ3n) is 2.57. The average molecular weight is 287 g/mol. The fourth-order valence-corrected chi connectivity index (χ4v) is 2.31. The van der Waals surface area contributed by atoms with Gasteiger partial charge in [-0.1, -0.05) is 6.07 Å². The lowest BCUT2D eigenvalue weighted by Gasteiger charge is -2.20. The van der Waals surface area contributed by atoms with E-state index in [2.05, 4.69) is 10.2 Å². The Morgan fingerprint density at radius 1 is 1.21 bits per heavy atom. The summed E-state index contributed by atoms with van der Waals surface area (Å²) in [6, 6.07) is 6.23. The van der Waals surface area contributed by atoms with Crippen LogP contribution in [-0.4, -0.2) is 16.7 Å². The summed E-state index contributed by atoms with van der Waals surface area (Å²) in [7, 11) is 0. The smallest absolute Gasteiger partial charge is 0.350 e. The maximum absolute atomic E-state index is 12.4. The predicted molar refractivity (Wildman–Crippen MR) is 68.1 cm³/mol. The zero-order valence-electron chi connectivity index (χ0n) is 10.2. The number of alkyl halides is 3. The van der Waals surface area contributed by atoms with Crippen LogP contribution in [-0.2, 0) is 12.7 Å². The number of anilines is 1. The highest BCUT2D eigenvalue weighted by Gasteiger charge is 2.33. The van der Waals surface area contributed by atoms with Crippen LogP contribution in [0.2, 0.25) is 0 Å². The number of hydrogen-bond acceptors (Lipinski definition) is 4. The van der Waals surface area contributed by atoms with Crippen molar-refractivity contribution in [2.45, 2.75) is 19.6 Å². The molecule has 2 rings (SSSR count). The van der Waals surface area contributed by atoms with Crippen molar-refractivity contribution in [1.29, 1.82) is 0 Å². The Labute approximate surface area is 112 Å². The number of halogens is 3. The molecule has 0 bridgehead atoms. The standard InChI is InChI=1S/C12H12F3N3S/c1-2-18(8-9-4-3-7-19-9)11-6-5-10(16-17-11)12(13,14)15/h3-7H,2,8H2,1H3. The lowest BCUT2D eigenvalue weighted by molar-refractivity contribution is -0.141. The third kappa shape index (κ3) is 3.44. The molecule has 0 atom stereocenters. The Morgan fingerprint density at radius 3 is 2.47 bits per heavy atom. The Morgan fingerprint density at radius 2 is 2.00 bits per heavy atom. The molecular weight excluding hydrogens is 275 g/mol. The lowest BCUT2D eigenvalue weighted by atomic mass is 10.3. The first-order valence-electron chi connectivity index (χ1n) is 5.69. The van der Waals surface area contributed by atoms with Crippen molar-refractivity contribution in [3.05, 3.63) is 40.2 Å². The normalized spacial score (nSPS) is 11.6. The highest BCUT2D eigenvalue weighted by atomic mass is 32.1. The van der Waals surface area contributed by atoms with E-state index >= 15 is 0 Å². The summed E-state index contributed by atoms with van der Waals surface area (Å²) in [4.78, 5) is 3.00. The molecule has 2 heterocycles. The van der Waals surface area contributed by atoms with E-state index in [9.17, 15) is 13.2 Å². The molecule has 0 aromatic carbocycles. The van der Waals surface area contributed by atoms with Gasteiger partial charge in [-0.05, 0) is 30.5 Å². The molecule has 2 aromatic heterocycles. The van der Waals surface area contributed by atoms with Crippen molar-refractivity contribution in [3.63, 3.8) is 0 Å². The number of rotatable bonds is 4. The van der Waals surface area contributed by atoms with Crippen LogP contribution < -0.4 is 4.90 Å². The molecule has 102 valence electrons. The fraction of sp³-hybridized carbons (Fsp3) is 0.333. The Balaban J connectivity index is 2.15. The quantitative estimate of drug-likeness (QED) is 0.860. The minimum Gasteiger partial charge on any atom is -0.350 e. The second-order valence-corrected chi connectivity index (χ2v) is 4.90. The van der Waals surface area contributed by atoms with Crippen LogP contribution in [0.1, 0.15) is 17.5 Å². The van der Waals surface area contributed by atoms with Crippen LogP contribution >= 0.6 is 11.3 Å². The van der Waals surface area contributed by atoms with Crippen LogP contribution in [0.15, 0.2) is 29.6 Å². The third-order valence-corrected chi connectivity index (χ3v) is 3.43. The first kappa shape index (κ1) is 13.8. The first-order chi connectivity index (χ1) is 9.00. The van der Waals surface area contributed by atoms with Crippen LogP contribution in [0.3, 0.4) is 0 Å². The van der Waals surface area contributed by atoms with Crippen LogP contribution in [0.25, 0.3) is 0 Å². The molecule has 0 aliphatic heterocycles. The van der Waals surface area contributed by atoms with Crippen molar-refractivity contribution < 1.29 is 13.2 Å². The Kier molecular flexibility index (Phi) is 4.04. The van der Waals surface area contributed by atoms with Crippen molar-refractivity contribution >= 4 is 17.2 Å². The van der Waals surface area contributed by atoms with Gasteiger partial charge in [0.25, 0.3) is 0 Å². The predicted octanol–water partition coefficient (Wildman–Crippen LogP) is 3.58. The molecule has 0 radical (unpaired) electrons. The molecule has 0 unspecified atom stereocenters. The van der Waals surface area contributed by atoms with E-state index in [1.165, 1.54) is 6.07 Å². The van der Waals surface area contributed by atoms with Crippen molar-refractivity contribution in [2.75, 3.05) is 11.4 Å². The van der Waals surface area contributed by atoms with Crippen molar-refractivity contribution in [2.24, 2.45) is 0 Å². The number of hydrogen-bond donors (Lipinski definition) is 0. The SMILES string of the molecule is CCN(Cc1cccs1)c1ccc(C(F)(F)F)nn1. The number of aromatic nitrogens is 2. The Bertz CT molecular complexity index is 508. The summed E-state index contributed by atoms with van der Waals surface area (Å²) >= 11 is 1.60. The molecule has 19 heavy (non-hydrogen) atoms. The summed E-state index contributed by atoms with van der Waals surface area (Å²) in [5.74, 6) is 0.448. The van der Waals surface area contributed by atoms with Crippen LogP contribution in [0.5, 0.6) is 0 Å². The highest BCUT2D eigenvalue weighted by Crippen LogP contribution is 2.27. The summed E-state index contributed by atoms with van der Waals surface area (Å²) in [5, 5.41) is 8.85. The molecule has 0 aliphatic rings. The van der Waals surface area contributed by atoms with E-state index in [0.29, 0.717) is 18.9 Å². The van der Waals surface area contributed by atoms with E-state index in [0.717, 1.165) is 10.9 Å². The number of nitrogens with zero attached hydrogens (tertiary/aromatic N) is 3. The van der Waals surface area contributed by atoms with E-state index in [1.807, 2.05) is 29.3 Å². The molecule has 0 N–H and O–H groups in total. The molecule has 0 saturated carbocycles. The van der Waals surface area contributed by atoms with Crippen LogP contribution in [0, 0.1) is 0 Å². The topological polar surface area (TPSA) is 29.0 Å². The number of thiophene rings is 1. The monoisotopic (exact) mass is 287 g/mol. The molecule has 0 spiro atoms. The van der Waals surface area contributed by atoms with E-state index in [-0.39, 0.29) is 0 Å². The van der Waals surface area contributed by atoms with E-state index < -0.39 is 11.9 Å². The zero-order chi connectivity index (χ0) is 13.9. The van der Waals surface area contributed by atoms with E-state index in [1.54, 1.807) is 11.3 Å². The maximum atomic E-state index is 12.4. The van der Waals surface area contributed by atoms with Gasteiger partial charge < -0.3 is 4.90 Å². The molecule has 7 heteroatoms. The average Bonchev–Trinajstić information content (AvgIpc) is 2.88. The fourth-order valence-electron chi connectivity index (χ4n) is 1.59. The lowest BCUT2D eigenvalue weighted by Crippen LogP contribution is -2.23. The molecule has 0 fully saturated rings. The van der Waals surface area contributed by atoms with Gasteiger partial charge in [-0.15, -0.1) is 21.5 Å². The first-order valence-corrected chi connectivity index (χ1v) is 6.57. The highest BCUT2D eigenvalue weighted by molar-refractivity contribution is 7.09. The molecular formula is C12H12F3N3S. The summed E-state index contributed by atoms with van der Waals surface area (Å²) < 4.78 is 37.2. The van der Waals surface area contributed by atoms with Crippen LogP contribution in [0.4, 0.5) is 19.0 Å². The van der Waals surface area contributed by atoms with Gasteiger partial charge in [-0.3, -0.25) is 0 Å². The summed E-state index contributed by atoms with van der Waals surface area (Å²) in [6.45, 7) is 3.19. The van der Waals surface area contributed by atoms with Gasteiger partial charge in [0.1, 0.15) is 0 Å².